The Hall–Kier alpha value is -3.98. The number of carbonyl (C=O) groups is 1. The van der Waals surface area contributed by atoms with Crippen LogP contribution >= 0.6 is 11.8 Å². The van der Waals surface area contributed by atoms with Gasteiger partial charge in [0.05, 0.1) is 24.2 Å². The normalized spacial score (nSPS) is 12.4. The van der Waals surface area contributed by atoms with Gasteiger partial charge in [-0.2, -0.15) is 0 Å². The summed E-state index contributed by atoms with van der Waals surface area (Å²) in [6.45, 7) is 0.137. The molecule has 2 N–H and O–H groups in total. The smallest absolute Gasteiger partial charge is 0.242 e. The molecule has 35 heavy (non-hydrogen) atoms. The first-order valence-corrected chi connectivity index (χ1v) is 12.2. The maximum Gasteiger partial charge on any atom is 0.242 e. The van der Waals surface area contributed by atoms with Crippen molar-refractivity contribution < 1.29 is 14.3 Å². The van der Waals surface area contributed by atoms with Crippen molar-refractivity contribution in [3.63, 3.8) is 0 Å². The Morgan fingerprint density at radius 1 is 0.943 bits per heavy atom. The minimum Gasteiger partial charge on any atom is -0.497 e. The Morgan fingerprint density at radius 3 is 2.29 bits per heavy atom. The van der Waals surface area contributed by atoms with Gasteiger partial charge in [-0.05, 0) is 48.2 Å². The Balaban J connectivity index is 1.30. The molecule has 4 aromatic rings. The lowest BCUT2D eigenvalue weighted by Crippen LogP contribution is -2.28. The molecule has 1 aliphatic rings. The molecular weight excluding hydrogens is 462 g/mol. The number of benzene rings is 3. The molecule has 178 valence electrons. The van der Waals surface area contributed by atoms with Crippen LogP contribution in [0.3, 0.4) is 0 Å². The Bertz CT molecular complexity index is 1310. The molecule has 0 atom stereocenters. The van der Waals surface area contributed by atoms with Crippen LogP contribution in [0.15, 0.2) is 78.0 Å². The van der Waals surface area contributed by atoms with Crippen molar-refractivity contribution in [1.29, 1.82) is 0 Å². The van der Waals surface area contributed by atoms with Gasteiger partial charge < -0.3 is 15.3 Å². The van der Waals surface area contributed by atoms with E-state index < -0.39 is 0 Å². The average Bonchev–Trinajstić information content (AvgIpc) is 3.15. The zero-order valence-electron chi connectivity index (χ0n) is 19.3. The van der Waals surface area contributed by atoms with Crippen LogP contribution in [0, 0.1) is 0 Å². The maximum atomic E-state index is 13.5. The van der Waals surface area contributed by atoms with Crippen LogP contribution in [0.5, 0.6) is 11.5 Å². The van der Waals surface area contributed by atoms with Crippen molar-refractivity contribution in [1.82, 2.24) is 14.9 Å². The van der Waals surface area contributed by atoms with Crippen LogP contribution in [-0.4, -0.2) is 33.6 Å². The van der Waals surface area contributed by atoms with E-state index in [-0.39, 0.29) is 18.3 Å². The number of nitrogens with zero attached hydrogens (tertiary/aromatic N) is 4. The summed E-state index contributed by atoms with van der Waals surface area (Å²) in [6, 6.07) is 23.4. The molecule has 0 saturated carbocycles. The first-order chi connectivity index (χ1) is 17.1. The van der Waals surface area contributed by atoms with E-state index in [2.05, 4.69) is 22.3 Å². The molecule has 1 amide bonds. The Kier molecular flexibility index (Phi) is 6.58. The van der Waals surface area contributed by atoms with Crippen LogP contribution in [0.2, 0.25) is 0 Å². The lowest BCUT2D eigenvalue weighted by Gasteiger charge is -2.24. The van der Waals surface area contributed by atoms with Gasteiger partial charge in [-0.3, -0.25) is 9.69 Å². The summed E-state index contributed by atoms with van der Waals surface area (Å²) in [5, 5.41) is 8.74. The van der Waals surface area contributed by atoms with Crippen molar-refractivity contribution >= 4 is 29.0 Å². The predicted octanol–water partition coefficient (Wildman–Crippen LogP) is 4.14. The highest BCUT2D eigenvalue weighted by Gasteiger charge is 2.26. The van der Waals surface area contributed by atoms with Crippen LogP contribution in [-0.2, 0) is 24.2 Å². The third kappa shape index (κ3) is 4.81. The quantitative estimate of drug-likeness (QED) is 0.309. The SMILES string of the molecule is COc1cccc(OCc2nnc(SCC(=O)N3c4ccccc4CCc4ccccc43)n2N)c1. The van der Waals surface area contributed by atoms with Gasteiger partial charge in [0.25, 0.3) is 0 Å². The summed E-state index contributed by atoms with van der Waals surface area (Å²) in [5.74, 6) is 8.11. The van der Waals surface area contributed by atoms with Crippen LogP contribution < -0.4 is 20.2 Å². The van der Waals surface area contributed by atoms with E-state index in [0.717, 1.165) is 35.3 Å². The molecular formula is C26H25N5O3S. The molecule has 8 nitrogen and oxygen atoms in total. The number of hydrogen-bond acceptors (Lipinski definition) is 7. The zero-order valence-corrected chi connectivity index (χ0v) is 20.1. The van der Waals surface area contributed by atoms with Crippen molar-refractivity contribution in [2.24, 2.45) is 0 Å². The molecule has 0 radical (unpaired) electrons. The molecule has 9 heteroatoms. The molecule has 5 rings (SSSR count). The maximum absolute atomic E-state index is 13.5. The van der Waals surface area contributed by atoms with Gasteiger partial charge in [0.15, 0.2) is 5.82 Å². The number of hydrogen-bond donors (Lipinski definition) is 1. The summed E-state index contributed by atoms with van der Waals surface area (Å²) < 4.78 is 12.4. The molecule has 0 unspecified atom stereocenters. The number of nitrogens with two attached hydrogens (primary N) is 1. The van der Waals surface area contributed by atoms with E-state index in [1.807, 2.05) is 59.5 Å². The lowest BCUT2D eigenvalue weighted by atomic mass is 10.0. The largest absolute Gasteiger partial charge is 0.497 e. The monoisotopic (exact) mass is 487 g/mol. The van der Waals surface area contributed by atoms with E-state index in [4.69, 9.17) is 15.3 Å². The Labute approximate surface area is 207 Å². The number of aryl methyl sites for hydroxylation is 2. The summed E-state index contributed by atoms with van der Waals surface area (Å²) in [6.07, 6.45) is 1.77. The molecule has 2 heterocycles. The fourth-order valence-corrected chi connectivity index (χ4v) is 4.81. The topological polar surface area (TPSA) is 95.5 Å². The summed E-state index contributed by atoms with van der Waals surface area (Å²) in [4.78, 5) is 15.3. The van der Waals surface area contributed by atoms with Gasteiger partial charge in [0.2, 0.25) is 11.1 Å². The molecule has 0 aliphatic carbocycles. The number of carbonyl (C=O) groups excluding carboxylic acids is 1. The number of para-hydroxylation sites is 2. The number of anilines is 2. The molecule has 0 fully saturated rings. The fraction of sp³-hybridized carbons (Fsp3) is 0.192. The lowest BCUT2D eigenvalue weighted by molar-refractivity contribution is -0.115. The number of fused-ring (bicyclic) bond motifs is 2. The van der Waals surface area contributed by atoms with Crippen molar-refractivity contribution in [2.45, 2.75) is 24.6 Å². The van der Waals surface area contributed by atoms with Crippen LogP contribution in [0.4, 0.5) is 11.4 Å². The van der Waals surface area contributed by atoms with Gasteiger partial charge >= 0.3 is 0 Å². The minimum absolute atomic E-state index is 0.0472. The van der Waals surface area contributed by atoms with Gasteiger partial charge in [-0.15, -0.1) is 10.2 Å². The van der Waals surface area contributed by atoms with Crippen molar-refractivity contribution in [3.8, 4) is 11.5 Å². The predicted molar refractivity (Wildman–Crippen MR) is 136 cm³/mol. The van der Waals surface area contributed by atoms with E-state index in [1.54, 1.807) is 13.2 Å². The minimum atomic E-state index is -0.0472. The highest BCUT2D eigenvalue weighted by molar-refractivity contribution is 7.99. The van der Waals surface area contributed by atoms with E-state index in [9.17, 15) is 4.79 Å². The Morgan fingerprint density at radius 2 is 1.60 bits per heavy atom. The molecule has 1 aliphatic heterocycles. The third-order valence-corrected chi connectivity index (χ3v) is 6.77. The highest BCUT2D eigenvalue weighted by atomic mass is 32.2. The molecule has 1 aromatic heterocycles. The van der Waals surface area contributed by atoms with Crippen molar-refractivity contribution in [2.75, 3.05) is 23.6 Å². The van der Waals surface area contributed by atoms with Gasteiger partial charge in [0, 0.05) is 6.07 Å². The van der Waals surface area contributed by atoms with Crippen molar-refractivity contribution in [3.05, 3.63) is 89.7 Å². The zero-order chi connectivity index (χ0) is 24.2. The number of thioether (sulfide) groups is 1. The first-order valence-electron chi connectivity index (χ1n) is 11.2. The van der Waals surface area contributed by atoms with Crippen LogP contribution in [0.25, 0.3) is 0 Å². The highest BCUT2D eigenvalue weighted by Crippen LogP contribution is 2.36. The number of methoxy groups -OCH3 is 1. The van der Waals surface area contributed by atoms with Gasteiger partial charge in [-0.1, -0.05) is 54.2 Å². The second kappa shape index (κ2) is 10.1. The number of nitrogen functional groups attached to an aromatic ring is 1. The first kappa shape index (κ1) is 22.8. The van der Waals surface area contributed by atoms with Crippen LogP contribution in [0.1, 0.15) is 17.0 Å². The van der Waals surface area contributed by atoms with Gasteiger partial charge in [-0.25, -0.2) is 4.68 Å². The fourth-order valence-electron chi connectivity index (χ4n) is 4.08. The second-order valence-electron chi connectivity index (χ2n) is 8.01. The summed E-state index contributed by atoms with van der Waals surface area (Å²) >= 11 is 1.25. The summed E-state index contributed by atoms with van der Waals surface area (Å²) in [5.41, 5.74) is 4.15. The number of ether oxygens (including phenoxy) is 2. The van der Waals surface area contributed by atoms with E-state index in [1.165, 1.54) is 16.4 Å². The van der Waals surface area contributed by atoms with E-state index in [0.29, 0.717) is 22.5 Å². The van der Waals surface area contributed by atoms with Gasteiger partial charge in [0.1, 0.15) is 18.1 Å². The number of rotatable bonds is 7. The second-order valence-corrected chi connectivity index (χ2v) is 8.95. The molecule has 0 bridgehead atoms. The third-order valence-electron chi connectivity index (χ3n) is 5.85. The molecule has 3 aromatic carbocycles. The number of aromatic nitrogens is 3. The molecule has 0 saturated heterocycles. The summed E-state index contributed by atoms with van der Waals surface area (Å²) in [7, 11) is 1.60. The number of amides is 1. The average molecular weight is 488 g/mol. The standard InChI is InChI=1S/C26H25N5O3S/c1-33-20-9-6-10-21(15-20)34-16-24-28-29-26(31(24)27)35-17-25(32)30-22-11-4-2-7-18(22)13-14-19-8-3-5-12-23(19)30/h2-12,15H,13-14,16-17,27H2,1H3. The van der Waals surface area contributed by atoms with E-state index >= 15 is 0 Å². The molecule has 0 spiro atoms.